The van der Waals surface area contributed by atoms with E-state index in [4.69, 9.17) is 23.2 Å². The van der Waals surface area contributed by atoms with Crippen molar-refractivity contribution in [3.8, 4) is 0 Å². The zero-order valence-electron chi connectivity index (χ0n) is 10.5. The molecule has 0 aromatic heterocycles. The summed E-state index contributed by atoms with van der Waals surface area (Å²) >= 11 is 11.8. The zero-order valence-corrected chi connectivity index (χ0v) is 12.0. The first-order valence-corrected chi connectivity index (χ1v) is 6.74. The van der Waals surface area contributed by atoms with Gasteiger partial charge in [-0.25, -0.2) is 4.39 Å². The van der Waals surface area contributed by atoms with Crippen LogP contribution in [0.25, 0.3) is 0 Å². The molecule has 19 heavy (non-hydrogen) atoms. The quantitative estimate of drug-likeness (QED) is 0.839. The molecule has 2 aromatic carbocycles. The fraction of sp³-hybridized carbons (Fsp3) is 0.200. The predicted octanol–water partition coefficient (Wildman–Crippen LogP) is 4.98. The summed E-state index contributed by atoms with van der Waals surface area (Å²) in [6.07, 6.45) is 0. The molecular weight excluding hydrogens is 284 g/mol. The van der Waals surface area contributed by atoms with Gasteiger partial charge < -0.3 is 5.32 Å². The van der Waals surface area contributed by atoms with Crippen LogP contribution in [0.15, 0.2) is 42.5 Å². The Morgan fingerprint density at radius 3 is 2.58 bits per heavy atom. The maximum atomic E-state index is 13.2. The maximum absolute atomic E-state index is 13.2. The topological polar surface area (TPSA) is 12.0 Å². The first-order chi connectivity index (χ1) is 9.04. The molecule has 0 saturated carbocycles. The van der Waals surface area contributed by atoms with Gasteiger partial charge in [-0.3, -0.25) is 0 Å². The summed E-state index contributed by atoms with van der Waals surface area (Å²) in [7, 11) is 0. The fourth-order valence-electron chi connectivity index (χ4n) is 1.88. The van der Waals surface area contributed by atoms with Crippen molar-refractivity contribution in [2.75, 3.05) is 0 Å². The van der Waals surface area contributed by atoms with Gasteiger partial charge in [0, 0.05) is 22.6 Å². The number of halogens is 3. The number of nitrogens with one attached hydrogen (secondary N) is 1. The summed E-state index contributed by atoms with van der Waals surface area (Å²) in [5.41, 5.74) is 1.91. The second-order valence-corrected chi connectivity index (χ2v) is 5.31. The van der Waals surface area contributed by atoms with Crippen molar-refractivity contribution in [1.29, 1.82) is 0 Å². The van der Waals surface area contributed by atoms with E-state index >= 15 is 0 Å². The van der Waals surface area contributed by atoms with Gasteiger partial charge in [0.05, 0.1) is 0 Å². The van der Waals surface area contributed by atoms with E-state index in [0.717, 1.165) is 11.1 Å². The first kappa shape index (κ1) is 14.3. The second kappa shape index (κ2) is 6.38. The Morgan fingerprint density at radius 1 is 1.11 bits per heavy atom. The van der Waals surface area contributed by atoms with Crippen LogP contribution in [-0.2, 0) is 6.54 Å². The summed E-state index contributed by atoms with van der Waals surface area (Å²) in [5.74, 6) is -0.320. The van der Waals surface area contributed by atoms with Crippen LogP contribution in [0.2, 0.25) is 10.0 Å². The molecule has 4 heteroatoms. The SMILES string of the molecule is CC(NCc1cc(F)cc(Cl)c1)c1cccc(Cl)c1. The third-order valence-corrected chi connectivity index (χ3v) is 3.34. The summed E-state index contributed by atoms with van der Waals surface area (Å²) in [6.45, 7) is 2.58. The average Bonchev–Trinajstić information content (AvgIpc) is 2.35. The molecule has 1 unspecified atom stereocenters. The Labute approximate surface area is 122 Å². The minimum absolute atomic E-state index is 0.126. The van der Waals surface area contributed by atoms with Crippen molar-refractivity contribution in [1.82, 2.24) is 5.32 Å². The van der Waals surface area contributed by atoms with Crippen molar-refractivity contribution in [3.05, 3.63) is 69.5 Å². The minimum atomic E-state index is -0.320. The molecule has 0 amide bonds. The standard InChI is InChI=1S/C15H14Cl2FN/c1-10(12-3-2-4-13(16)7-12)19-9-11-5-14(17)8-15(18)6-11/h2-8,10,19H,9H2,1H3. The Hall–Kier alpha value is -1.09. The lowest BCUT2D eigenvalue weighted by atomic mass is 10.1. The van der Waals surface area contributed by atoms with E-state index < -0.39 is 0 Å². The molecule has 1 nitrogen and oxygen atoms in total. The summed E-state index contributed by atoms with van der Waals surface area (Å²) in [6, 6.07) is 12.3. The van der Waals surface area contributed by atoms with E-state index in [1.165, 1.54) is 12.1 Å². The van der Waals surface area contributed by atoms with Crippen LogP contribution in [0.3, 0.4) is 0 Å². The largest absolute Gasteiger partial charge is 0.306 e. The van der Waals surface area contributed by atoms with Crippen molar-refractivity contribution in [3.63, 3.8) is 0 Å². The molecule has 100 valence electrons. The van der Waals surface area contributed by atoms with Gasteiger partial charge in [0.1, 0.15) is 5.82 Å². The van der Waals surface area contributed by atoms with Crippen LogP contribution in [0, 0.1) is 5.82 Å². The average molecular weight is 298 g/mol. The van der Waals surface area contributed by atoms with Crippen LogP contribution in [0.1, 0.15) is 24.1 Å². The Bertz CT molecular complexity index is 552. The highest BCUT2D eigenvalue weighted by Gasteiger charge is 2.06. The molecule has 0 aliphatic heterocycles. The molecule has 0 fully saturated rings. The van der Waals surface area contributed by atoms with Crippen molar-refractivity contribution in [2.24, 2.45) is 0 Å². The highest BCUT2D eigenvalue weighted by molar-refractivity contribution is 6.30. The van der Waals surface area contributed by atoms with Crippen LogP contribution in [0.5, 0.6) is 0 Å². The highest BCUT2D eigenvalue weighted by Crippen LogP contribution is 2.19. The Balaban J connectivity index is 2.02. The minimum Gasteiger partial charge on any atom is -0.306 e. The van der Waals surface area contributed by atoms with Crippen LogP contribution >= 0.6 is 23.2 Å². The van der Waals surface area contributed by atoms with Crippen molar-refractivity contribution in [2.45, 2.75) is 19.5 Å². The van der Waals surface area contributed by atoms with E-state index in [1.54, 1.807) is 6.07 Å². The van der Waals surface area contributed by atoms with E-state index in [1.807, 2.05) is 31.2 Å². The highest BCUT2D eigenvalue weighted by atomic mass is 35.5. The number of hydrogen-bond donors (Lipinski definition) is 1. The van der Waals surface area contributed by atoms with Gasteiger partial charge >= 0.3 is 0 Å². The van der Waals surface area contributed by atoms with E-state index in [-0.39, 0.29) is 11.9 Å². The fourth-order valence-corrected chi connectivity index (χ4v) is 2.32. The molecule has 0 aliphatic rings. The molecule has 0 heterocycles. The maximum Gasteiger partial charge on any atom is 0.125 e. The van der Waals surface area contributed by atoms with Gasteiger partial charge in [-0.1, -0.05) is 35.3 Å². The number of rotatable bonds is 4. The van der Waals surface area contributed by atoms with Crippen molar-refractivity contribution >= 4 is 23.2 Å². The van der Waals surface area contributed by atoms with Crippen LogP contribution in [0.4, 0.5) is 4.39 Å². The van der Waals surface area contributed by atoms with Crippen molar-refractivity contribution < 1.29 is 4.39 Å². The molecule has 1 N–H and O–H groups in total. The Morgan fingerprint density at radius 2 is 1.89 bits per heavy atom. The molecular formula is C15H14Cl2FN. The normalized spacial score (nSPS) is 12.4. The summed E-state index contributed by atoms with van der Waals surface area (Å²) in [4.78, 5) is 0. The van der Waals surface area contributed by atoms with Crippen LogP contribution < -0.4 is 5.32 Å². The van der Waals surface area contributed by atoms with Gasteiger partial charge in [0.25, 0.3) is 0 Å². The molecule has 1 atom stereocenters. The molecule has 0 saturated heterocycles. The Kier molecular flexibility index (Phi) is 4.81. The number of benzene rings is 2. The van der Waals surface area contributed by atoms with E-state index in [9.17, 15) is 4.39 Å². The molecule has 2 rings (SSSR count). The first-order valence-electron chi connectivity index (χ1n) is 5.98. The van der Waals surface area contributed by atoms with Gasteiger partial charge in [-0.2, -0.15) is 0 Å². The summed E-state index contributed by atoms with van der Waals surface area (Å²) < 4.78 is 13.2. The monoisotopic (exact) mass is 297 g/mol. The summed E-state index contributed by atoms with van der Waals surface area (Å²) in [5, 5.41) is 4.43. The van der Waals surface area contributed by atoms with Gasteiger partial charge in [0.15, 0.2) is 0 Å². The number of hydrogen-bond acceptors (Lipinski definition) is 1. The lowest BCUT2D eigenvalue weighted by Gasteiger charge is -2.14. The van der Waals surface area contributed by atoms with Gasteiger partial charge in [0.2, 0.25) is 0 Å². The van der Waals surface area contributed by atoms with E-state index in [2.05, 4.69) is 5.32 Å². The molecule has 0 spiro atoms. The molecule has 0 bridgehead atoms. The molecule has 2 aromatic rings. The van der Waals surface area contributed by atoms with Gasteiger partial charge in [-0.15, -0.1) is 0 Å². The molecule has 0 aliphatic carbocycles. The van der Waals surface area contributed by atoms with Crippen LogP contribution in [-0.4, -0.2) is 0 Å². The van der Waals surface area contributed by atoms with E-state index in [0.29, 0.717) is 16.6 Å². The van der Waals surface area contributed by atoms with Gasteiger partial charge in [-0.05, 0) is 48.4 Å². The third kappa shape index (κ3) is 4.20. The third-order valence-electron chi connectivity index (χ3n) is 2.88. The predicted molar refractivity (Wildman–Crippen MR) is 78.1 cm³/mol. The molecule has 0 radical (unpaired) electrons. The lowest BCUT2D eigenvalue weighted by Crippen LogP contribution is -2.18. The zero-order chi connectivity index (χ0) is 13.8. The lowest BCUT2D eigenvalue weighted by molar-refractivity contribution is 0.569. The smallest absolute Gasteiger partial charge is 0.125 e. The second-order valence-electron chi connectivity index (χ2n) is 4.44.